The number of nitro groups is 1. The number of ether oxygens (including phenoxy) is 2. The molecule has 0 unspecified atom stereocenters. The third-order valence-corrected chi connectivity index (χ3v) is 5.17. The van der Waals surface area contributed by atoms with E-state index in [-0.39, 0.29) is 5.69 Å². The van der Waals surface area contributed by atoms with Crippen LogP contribution in [0.3, 0.4) is 0 Å². The number of nitrogens with zero attached hydrogens (tertiary/aromatic N) is 1. The average molecular weight is 504 g/mol. The first-order valence-electron chi connectivity index (χ1n) is 8.99. The van der Waals surface area contributed by atoms with Crippen LogP contribution >= 0.6 is 22.6 Å². The van der Waals surface area contributed by atoms with Crippen molar-refractivity contribution in [2.75, 3.05) is 12.4 Å². The van der Waals surface area contributed by atoms with Crippen LogP contribution in [-0.4, -0.2) is 12.0 Å². The van der Waals surface area contributed by atoms with Gasteiger partial charge in [0.1, 0.15) is 6.61 Å². The monoisotopic (exact) mass is 504 g/mol. The molecule has 0 aliphatic carbocycles. The van der Waals surface area contributed by atoms with E-state index in [1.165, 1.54) is 17.7 Å². The molecule has 3 aromatic rings. The highest BCUT2D eigenvalue weighted by Crippen LogP contribution is 2.35. The van der Waals surface area contributed by atoms with Gasteiger partial charge in [0.15, 0.2) is 11.5 Å². The zero-order chi connectivity index (χ0) is 20.8. The van der Waals surface area contributed by atoms with Crippen molar-refractivity contribution in [3.63, 3.8) is 0 Å². The van der Waals surface area contributed by atoms with E-state index in [4.69, 9.17) is 9.47 Å². The summed E-state index contributed by atoms with van der Waals surface area (Å²) in [6, 6.07) is 18.6. The molecule has 150 valence electrons. The number of nitro benzene ring substituents is 1. The second-order valence-electron chi connectivity index (χ2n) is 6.54. The molecule has 0 amide bonds. The van der Waals surface area contributed by atoms with E-state index in [2.05, 4.69) is 65.2 Å². The van der Waals surface area contributed by atoms with Crippen LogP contribution in [0.1, 0.15) is 16.7 Å². The summed E-state index contributed by atoms with van der Waals surface area (Å²) < 4.78 is 12.4. The van der Waals surface area contributed by atoms with Crippen molar-refractivity contribution in [3.8, 4) is 11.5 Å². The molecule has 0 aromatic heterocycles. The third-order valence-electron chi connectivity index (χ3n) is 4.37. The number of rotatable bonds is 8. The second-order valence-corrected chi connectivity index (χ2v) is 7.70. The Morgan fingerprint density at radius 2 is 1.72 bits per heavy atom. The number of anilines is 1. The maximum Gasteiger partial charge on any atom is 0.269 e. The van der Waals surface area contributed by atoms with Gasteiger partial charge in [0.05, 0.1) is 15.6 Å². The molecule has 0 bridgehead atoms. The molecule has 29 heavy (non-hydrogen) atoms. The third kappa shape index (κ3) is 5.60. The zero-order valence-corrected chi connectivity index (χ0v) is 18.3. The first-order valence-corrected chi connectivity index (χ1v) is 10.1. The Morgan fingerprint density at radius 1 is 1.03 bits per heavy atom. The molecule has 1 N–H and O–H groups in total. The zero-order valence-electron chi connectivity index (χ0n) is 16.1. The Balaban J connectivity index is 1.69. The van der Waals surface area contributed by atoms with Gasteiger partial charge in [-0.15, -0.1) is 0 Å². The summed E-state index contributed by atoms with van der Waals surface area (Å²) >= 11 is 2.23. The average Bonchev–Trinajstić information content (AvgIpc) is 2.72. The largest absolute Gasteiger partial charge is 0.493 e. The Labute approximate surface area is 183 Å². The molecule has 0 spiro atoms. The molecule has 0 fully saturated rings. The number of hydrogen-bond acceptors (Lipinski definition) is 5. The van der Waals surface area contributed by atoms with E-state index in [1.807, 2.05) is 6.07 Å². The molecule has 0 aliphatic heterocycles. The fourth-order valence-electron chi connectivity index (χ4n) is 2.76. The molecule has 0 saturated heterocycles. The molecule has 3 rings (SSSR count). The smallest absolute Gasteiger partial charge is 0.269 e. The maximum atomic E-state index is 10.8. The minimum Gasteiger partial charge on any atom is -0.493 e. The van der Waals surface area contributed by atoms with Gasteiger partial charge < -0.3 is 14.8 Å². The van der Waals surface area contributed by atoms with Crippen molar-refractivity contribution in [2.24, 2.45) is 0 Å². The summed E-state index contributed by atoms with van der Waals surface area (Å²) in [5, 5.41) is 14.2. The van der Waals surface area contributed by atoms with E-state index >= 15 is 0 Å². The number of aryl methyl sites for hydroxylation is 1. The molecule has 6 nitrogen and oxygen atoms in total. The van der Waals surface area contributed by atoms with Crippen molar-refractivity contribution in [3.05, 3.63) is 91.0 Å². The van der Waals surface area contributed by atoms with E-state index in [9.17, 15) is 10.1 Å². The summed E-state index contributed by atoms with van der Waals surface area (Å²) in [6.07, 6.45) is 0. The van der Waals surface area contributed by atoms with Crippen molar-refractivity contribution in [1.29, 1.82) is 0 Å². The maximum absolute atomic E-state index is 10.8. The number of nitrogens with one attached hydrogen (secondary N) is 1. The van der Waals surface area contributed by atoms with Gasteiger partial charge in [-0.25, -0.2) is 0 Å². The van der Waals surface area contributed by atoms with Crippen LogP contribution in [0.25, 0.3) is 0 Å². The standard InChI is InChI=1S/C22H21IN2O4/c1-15-3-7-18(8-4-15)24-13-17-11-20(23)22(21(12-17)28-2)29-14-16-5-9-19(10-6-16)25(26)27/h3-12,24H,13-14H2,1-2H3. The van der Waals surface area contributed by atoms with Gasteiger partial charge in [-0.05, 0) is 77.0 Å². The molecular formula is C22H21IN2O4. The van der Waals surface area contributed by atoms with E-state index in [0.29, 0.717) is 24.7 Å². The van der Waals surface area contributed by atoms with Gasteiger partial charge in [0, 0.05) is 24.4 Å². The fraction of sp³-hybridized carbons (Fsp3) is 0.182. The number of halogens is 1. The summed E-state index contributed by atoms with van der Waals surface area (Å²) in [6.45, 7) is 3.02. The highest BCUT2D eigenvalue weighted by Gasteiger charge is 2.13. The van der Waals surface area contributed by atoms with E-state index in [1.54, 1.807) is 19.2 Å². The van der Waals surface area contributed by atoms with Crippen molar-refractivity contribution < 1.29 is 14.4 Å². The number of benzene rings is 3. The number of methoxy groups -OCH3 is 1. The highest BCUT2D eigenvalue weighted by molar-refractivity contribution is 14.1. The van der Waals surface area contributed by atoms with Gasteiger partial charge in [-0.2, -0.15) is 0 Å². The van der Waals surface area contributed by atoms with Crippen LogP contribution < -0.4 is 14.8 Å². The van der Waals surface area contributed by atoms with Gasteiger partial charge in [0.2, 0.25) is 0 Å². The molecule has 3 aromatic carbocycles. The van der Waals surface area contributed by atoms with Crippen LogP contribution in [0, 0.1) is 20.6 Å². The highest BCUT2D eigenvalue weighted by atomic mass is 127. The van der Waals surface area contributed by atoms with Crippen molar-refractivity contribution in [1.82, 2.24) is 0 Å². The molecule has 0 radical (unpaired) electrons. The lowest BCUT2D eigenvalue weighted by molar-refractivity contribution is -0.384. The van der Waals surface area contributed by atoms with Crippen molar-refractivity contribution >= 4 is 34.0 Å². The summed E-state index contributed by atoms with van der Waals surface area (Å²) in [5.74, 6) is 1.31. The van der Waals surface area contributed by atoms with Crippen LogP contribution in [0.5, 0.6) is 11.5 Å². The van der Waals surface area contributed by atoms with E-state index in [0.717, 1.165) is 20.4 Å². The van der Waals surface area contributed by atoms with Gasteiger partial charge in [-0.3, -0.25) is 10.1 Å². The topological polar surface area (TPSA) is 73.6 Å². The first kappa shape index (κ1) is 20.9. The SMILES string of the molecule is COc1cc(CNc2ccc(C)cc2)cc(I)c1OCc1ccc([N+](=O)[O-])cc1. The summed E-state index contributed by atoms with van der Waals surface area (Å²) in [5.41, 5.74) is 4.27. The number of non-ortho nitro benzene ring substituents is 1. The molecule has 0 saturated carbocycles. The Kier molecular flexibility index (Phi) is 6.92. The lowest BCUT2D eigenvalue weighted by atomic mass is 10.1. The van der Waals surface area contributed by atoms with Gasteiger partial charge >= 0.3 is 0 Å². The quantitative estimate of drug-likeness (QED) is 0.242. The molecular weight excluding hydrogens is 483 g/mol. The van der Waals surface area contributed by atoms with Gasteiger partial charge in [0.25, 0.3) is 5.69 Å². The van der Waals surface area contributed by atoms with Crippen molar-refractivity contribution in [2.45, 2.75) is 20.1 Å². The second kappa shape index (κ2) is 9.60. The molecule has 0 heterocycles. The Hall–Kier alpha value is -2.81. The molecule has 0 aliphatic rings. The lowest BCUT2D eigenvalue weighted by Gasteiger charge is -2.15. The predicted molar refractivity (Wildman–Crippen MR) is 122 cm³/mol. The minimum atomic E-state index is -0.417. The normalized spacial score (nSPS) is 10.4. The van der Waals surface area contributed by atoms with Crippen LogP contribution in [0.2, 0.25) is 0 Å². The fourth-order valence-corrected chi connectivity index (χ4v) is 3.58. The molecule has 7 heteroatoms. The van der Waals surface area contributed by atoms with Crippen LogP contribution in [-0.2, 0) is 13.2 Å². The van der Waals surface area contributed by atoms with Gasteiger partial charge in [-0.1, -0.05) is 17.7 Å². The van der Waals surface area contributed by atoms with E-state index < -0.39 is 4.92 Å². The summed E-state index contributed by atoms with van der Waals surface area (Å²) in [7, 11) is 1.61. The Bertz CT molecular complexity index is 989. The minimum absolute atomic E-state index is 0.0614. The lowest BCUT2D eigenvalue weighted by Crippen LogP contribution is -2.04. The first-order chi connectivity index (χ1) is 14.0. The molecule has 0 atom stereocenters. The number of hydrogen-bond donors (Lipinski definition) is 1. The Morgan fingerprint density at radius 3 is 2.34 bits per heavy atom. The predicted octanol–water partition coefficient (Wildman–Crippen LogP) is 5.71. The van der Waals surface area contributed by atoms with Crippen LogP contribution in [0.4, 0.5) is 11.4 Å². The summed E-state index contributed by atoms with van der Waals surface area (Å²) in [4.78, 5) is 10.3. The van der Waals surface area contributed by atoms with Crippen LogP contribution in [0.15, 0.2) is 60.7 Å².